The molecule has 3 nitrogen and oxygen atoms in total. The molecule has 1 aliphatic rings. The number of benzene rings is 1. The number of carboxylic acids is 1. The lowest BCUT2D eigenvalue weighted by atomic mass is 10.1. The maximum absolute atomic E-state index is 12.6. The van der Waals surface area contributed by atoms with E-state index in [0.29, 0.717) is 4.47 Å². The van der Waals surface area contributed by atoms with Crippen LogP contribution in [0, 0.1) is 5.92 Å². The van der Waals surface area contributed by atoms with Crippen molar-refractivity contribution in [2.24, 2.45) is 5.92 Å². The van der Waals surface area contributed by atoms with Crippen LogP contribution in [0.5, 0.6) is 0 Å². The standard InChI is InChI=1S/C12H11BrF3NO2/c13-8-4-3-7(12(14,15)16)5-9(8)17-10(11(18)19)6-1-2-6/h3-6,10,17H,1-2H2,(H,18,19). The number of aliphatic carboxylic acids is 1. The van der Waals surface area contributed by atoms with Gasteiger partial charge in [0, 0.05) is 10.2 Å². The van der Waals surface area contributed by atoms with E-state index in [1.807, 2.05) is 0 Å². The second-order valence-corrected chi connectivity index (χ2v) is 5.34. The van der Waals surface area contributed by atoms with Crippen molar-refractivity contribution < 1.29 is 23.1 Å². The zero-order valence-corrected chi connectivity index (χ0v) is 11.3. The number of halogens is 4. The summed E-state index contributed by atoms with van der Waals surface area (Å²) in [5.74, 6) is -1.06. The molecule has 0 bridgehead atoms. The van der Waals surface area contributed by atoms with Crippen LogP contribution >= 0.6 is 15.9 Å². The number of rotatable bonds is 4. The largest absolute Gasteiger partial charge is 0.480 e. The van der Waals surface area contributed by atoms with E-state index >= 15 is 0 Å². The van der Waals surface area contributed by atoms with Crippen LogP contribution in [0.4, 0.5) is 18.9 Å². The van der Waals surface area contributed by atoms with Crippen molar-refractivity contribution in [2.75, 3.05) is 5.32 Å². The van der Waals surface area contributed by atoms with E-state index in [9.17, 15) is 18.0 Å². The molecule has 1 saturated carbocycles. The van der Waals surface area contributed by atoms with Crippen LogP contribution in [0.15, 0.2) is 22.7 Å². The van der Waals surface area contributed by atoms with Gasteiger partial charge in [-0.2, -0.15) is 13.2 Å². The Balaban J connectivity index is 2.25. The molecule has 2 N–H and O–H groups in total. The molecule has 1 aromatic rings. The number of hydrogen-bond acceptors (Lipinski definition) is 2. The van der Waals surface area contributed by atoms with Crippen molar-refractivity contribution in [2.45, 2.75) is 25.1 Å². The summed E-state index contributed by atoms with van der Waals surface area (Å²) < 4.78 is 38.2. The van der Waals surface area contributed by atoms with E-state index < -0.39 is 23.8 Å². The molecule has 0 radical (unpaired) electrons. The monoisotopic (exact) mass is 337 g/mol. The third kappa shape index (κ3) is 3.40. The van der Waals surface area contributed by atoms with Gasteiger partial charge in [-0.05, 0) is 52.9 Å². The van der Waals surface area contributed by atoms with Crippen molar-refractivity contribution in [1.29, 1.82) is 0 Å². The molecule has 1 fully saturated rings. The van der Waals surface area contributed by atoms with Crippen LogP contribution in [0.2, 0.25) is 0 Å². The third-order valence-corrected chi connectivity index (χ3v) is 3.66. The van der Waals surface area contributed by atoms with E-state index in [4.69, 9.17) is 5.11 Å². The molecule has 0 aliphatic heterocycles. The van der Waals surface area contributed by atoms with Crippen LogP contribution in [-0.4, -0.2) is 17.1 Å². The Labute approximate surface area is 115 Å². The Morgan fingerprint density at radius 3 is 2.53 bits per heavy atom. The predicted octanol–water partition coefficient (Wildman–Crippen LogP) is 3.74. The van der Waals surface area contributed by atoms with Crippen LogP contribution < -0.4 is 5.32 Å². The van der Waals surface area contributed by atoms with Gasteiger partial charge in [0.25, 0.3) is 0 Å². The number of alkyl halides is 3. The molecule has 1 aromatic carbocycles. The maximum Gasteiger partial charge on any atom is 0.416 e. The summed E-state index contributed by atoms with van der Waals surface area (Å²) in [6.07, 6.45) is -2.89. The molecule has 19 heavy (non-hydrogen) atoms. The average molecular weight is 338 g/mol. The summed E-state index contributed by atoms with van der Waals surface area (Å²) in [5.41, 5.74) is -0.660. The molecule has 7 heteroatoms. The first kappa shape index (κ1) is 14.2. The minimum Gasteiger partial charge on any atom is -0.480 e. The summed E-state index contributed by atoms with van der Waals surface area (Å²) >= 11 is 3.12. The van der Waals surface area contributed by atoms with Crippen molar-refractivity contribution in [3.63, 3.8) is 0 Å². The average Bonchev–Trinajstić information content (AvgIpc) is 3.09. The van der Waals surface area contributed by atoms with Crippen LogP contribution in [0.1, 0.15) is 18.4 Å². The molecular weight excluding hydrogens is 327 g/mol. The molecule has 1 unspecified atom stereocenters. The molecule has 0 saturated heterocycles. The lowest BCUT2D eigenvalue weighted by Crippen LogP contribution is -2.31. The highest BCUT2D eigenvalue weighted by Gasteiger charge is 2.37. The van der Waals surface area contributed by atoms with E-state index in [0.717, 1.165) is 25.0 Å². The Bertz CT molecular complexity index is 500. The van der Waals surface area contributed by atoms with E-state index in [1.165, 1.54) is 6.07 Å². The fourth-order valence-electron chi connectivity index (χ4n) is 1.79. The fraction of sp³-hybridized carbons (Fsp3) is 0.417. The number of carboxylic acid groups (broad SMARTS) is 1. The molecule has 0 heterocycles. The van der Waals surface area contributed by atoms with Gasteiger partial charge in [0.15, 0.2) is 0 Å². The minimum absolute atomic E-state index is 0.0149. The molecule has 0 aromatic heterocycles. The molecule has 104 valence electrons. The lowest BCUT2D eigenvalue weighted by molar-refractivity contribution is -0.138. The maximum atomic E-state index is 12.6. The summed E-state index contributed by atoms with van der Waals surface area (Å²) in [6, 6.07) is 2.28. The van der Waals surface area contributed by atoms with Gasteiger partial charge in [0.1, 0.15) is 6.04 Å². The highest BCUT2D eigenvalue weighted by Crippen LogP contribution is 2.38. The first-order chi connectivity index (χ1) is 8.79. The van der Waals surface area contributed by atoms with Crippen molar-refractivity contribution >= 4 is 27.6 Å². The van der Waals surface area contributed by atoms with E-state index in [2.05, 4.69) is 21.2 Å². The number of anilines is 1. The topological polar surface area (TPSA) is 49.3 Å². The Kier molecular flexibility index (Phi) is 3.75. The number of nitrogens with one attached hydrogen (secondary N) is 1. The Morgan fingerprint density at radius 2 is 2.05 bits per heavy atom. The molecule has 0 spiro atoms. The molecular formula is C12H11BrF3NO2. The van der Waals surface area contributed by atoms with Gasteiger partial charge in [-0.15, -0.1) is 0 Å². The van der Waals surface area contributed by atoms with Crippen molar-refractivity contribution in [1.82, 2.24) is 0 Å². The quantitative estimate of drug-likeness (QED) is 0.879. The van der Waals surface area contributed by atoms with Crippen molar-refractivity contribution in [3.8, 4) is 0 Å². The van der Waals surface area contributed by atoms with E-state index in [-0.39, 0.29) is 11.6 Å². The normalized spacial score (nSPS) is 17.1. The van der Waals surface area contributed by atoms with E-state index in [1.54, 1.807) is 0 Å². The zero-order chi connectivity index (χ0) is 14.2. The van der Waals surface area contributed by atoms with Crippen molar-refractivity contribution in [3.05, 3.63) is 28.2 Å². The molecule has 1 aliphatic carbocycles. The van der Waals surface area contributed by atoms with Gasteiger partial charge in [0.05, 0.1) is 5.56 Å². The summed E-state index contributed by atoms with van der Waals surface area (Å²) in [4.78, 5) is 11.1. The SMILES string of the molecule is O=C(O)C(Nc1cc(C(F)(F)F)ccc1Br)C1CC1. The second kappa shape index (κ2) is 5.03. The molecule has 2 rings (SSSR count). The highest BCUT2D eigenvalue weighted by molar-refractivity contribution is 9.10. The summed E-state index contributed by atoms with van der Waals surface area (Å²) in [5, 5.41) is 11.7. The lowest BCUT2D eigenvalue weighted by Gasteiger charge is -2.17. The first-order valence-corrected chi connectivity index (χ1v) is 6.44. The first-order valence-electron chi connectivity index (χ1n) is 5.65. The number of carbonyl (C=O) groups is 1. The fourth-order valence-corrected chi connectivity index (χ4v) is 2.15. The molecule has 0 amide bonds. The molecule has 1 atom stereocenters. The second-order valence-electron chi connectivity index (χ2n) is 4.49. The van der Waals surface area contributed by atoms with Crippen LogP contribution in [0.25, 0.3) is 0 Å². The Morgan fingerprint density at radius 1 is 1.42 bits per heavy atom. The minimum atomic E-state index is -4.45. The van der Waals surface area contributed by atoms with Gasteiger partial charge in [-0.1, -0.05) is 0 Å². The zero-order valence-electron chi connectivity index (χ0n) is 9.67. The predicted molar refractivity (Wildman–Crippen MR) is 66.9 cm³/mol. The number of hydrogen-bond donors (Lipinski definition) is 2. The third-order valence-electron chi connectivity index (χ3n) is 2.96. The van der Waals surface area contributed by atoms with Gasteiger partial charge in [0.2, 0.25) is 0 Å². The highest BCUT2D eigenvalue weighted by atomic mass is 79.9. The smallest absolute Gasteiger partial charge is 0.416 e. The van der Waals surface area contributed by atoms with Gasteiger partial charge < -0.3 is 10.4 Å². The summed E-state index contributed by atoms with van der Waals surface area (Å²) in [6.45, 7) is 0. The van der Waals surface area contributed by atoms with Crippen LogP contribution in [-0.2, 0) is 11.0 Å². The van der Waals surface area contributed by atoms with Gasteiger partial charge >= 0.3 is 12.1 Å². The van der Waals surface area contributed by atoms with Gasteiger partial charge in [-0.3, -0.25) is 0 Å². The Hall–Kier alpha value is -1.24. The van der Waals surface area contributed by atoms with Crippen LogP contribution in [0.3, 0.4) is 0 Å². The summed E-state index contributed by atoms with van der Waals surface area (Å²) in [7, 11) is 0. The van der Waals surface area contributed by atoms with Gasteiger partial charge in [-0.25, -0.2) is 4.79 Å².